The largest absolute Gasteiger partial charge is 0.454 e. The maximum absolute atomic E-state index is 14.7. The highest BCUT2D eigenvalue weighted by Gasteiger charge is 2.44. The zero-order chi connectivity index (χ0) is 54.7. The lowest BCUT2D eigenvalue weighted by Gasteiger charge is -2.37. The lowest BCUT2D eigenvalue weighted by Crippen LogP contribution is -2.60. The molecule has 2 aliphatic rings. The Balaban J connectivity index is 0.00000338. The van der Waals surface area contributed by atoms with E-state index in [0.29, 0.717) is 12.0 Å². The number of carbonyl (C=O) groups is 9. The quantitative estimate of drug-likeness (QED) is 0.253. The second kappa shape index (κ2) is 28.8. The first-order chi connectivity index (χ1) is 34.3. The van der Waals surface area contributed by atoms with Crippen molar-refractivity contribution in [1.82, 2.24) is 40.4 Å². The molecule has 2 aromatic rings. The number of cyclic esters (lactones) is 1. The van der Waals surface area contributed by atoms with E-state index in [1.807, 2.05) is 51.1 Å². The topological polar surface area (TPSA) is 235 Å². The average molecular weight is 1020 g/mol. The van der Waals surface area contributed by atoms with Crippen LogP contribution in [-0.4, -0.2) is 180 Å². The molecule has 7 unspecified atom stereocenters. The van der Waals surface area contributed by atoms with E-state index in [1.165, 1.54) is 64.7 Å². The van der Waals surface area contributed by atoms with Crippen LogP contribution in [0, 0.1) is 17.8 Å². The predicted octanol–water partition coefficient (Wildman–Crippen LogP) is 2.57. The Hall–Kier alpha value is -6.37. The first-order valence-corrected chi connectivity index (χ1v) is 25.5. The van der Waals surface area contributed by atoms with Crippen LogP contribution >= 0.6 is 0 Å². The molecule has 0 spiro atoms. The summed E-state index contributed by atoms with van der Waals surface area (Å²) in [7, 11) is 5.44. The van der Waals surface area contributed by atoms with Crippen LogP contribution in [0.15, 0.2) is 60.7 Å². The van der Waals surface area contributed by atoms with E-state index in [1.54, 1.807) is 37.3 Å². The highest BCUT2D eigenvalue weighted by molar-refractivity contribution is 5.96. The molecule has 2 aliphatic heterocycles. The minimum atomic E-state index is -1.92. The number of hydrogen-bond donors (Lipinski definition) is 4. The fraction of sp³-hybridized carbons (Fsp3) is 0.611. The second-order valence-electron chi connectivity index (χ2n) is 20.4. The Bertz CT molecular complexity index is 2180. The molecule has 73 heavy (non-hydrogen) atoms. The number of rotatable bonds is 10. The SMILES string of the molecule is CCC(C)C1NC(=O)C2CCN(C2)C(=O)C(Cc2ccccc2)N(C)C(=O)C(Cc2ccccc2)NC(=O)CN(C)C(=O)COC(=O)C(C(C)(C)O)N(C)C(=O)C(CC(C)C)NC(=O)CN(C)C1=O.CCCC. The van der Waals surface area contributed by atoms with Crippen molar-refractivity contribution in [2.45, 2.75) is 136 Å². The number of carbonyl (C=O) groups excluding carboxylic acids is 9. The minimum Gasteiger partial charge on any atom is -0.454 e. The van der Waals surface area contributed by atoms with Gasteiger partial charge in [-0.05, 0) is 49.7 Å². The van der Waals surface area contributed by atoms with Gasteiger partial charge < -0.3 is 50.3 Å². The molecular formula is C54H82N8O11. The van der Waals surface area contributed by atoms with Gasteiger partial charge in [0.05, 0.1) is 24.6 Å². The van der Waals surface area contributed by atoms with Crippen molar-refractivity contribution < 1.29 is 53.0 Å². The van der Waals surface area contributed by atoms with Crippen LogP contribution in [0.25, 0.3) is 0 Å². The van der Waals surface area contributed by atoms with Crippen molar-refractivity contribution in [3.8, 4) is 0 Å². The predicted molar refractivity (Wildman–Crippen MR) is 276 cm³/mol. The number of amides is 8. The first kappa shape index (κ1) is 60.9. The molecular weight excluding hydrogens is 937 g/mol. The van der Waals surface area contributed by atoms with E-state index in [4.69, 9.17) is 4.74 Å². The molecule has 2 saturated heterocycles. The standard InChI is InChI=1S/C50H72N8O11.C4H10/c1-11-32(4)42-48(66)55(8)29-40(60)51-36(24-31(2)3)46(64)57(10)43(50(5,6)68)49(67)69-30-41(61)54(7)28-39(59)52-37(25-33-18-14-12-15-19-33)45(63)56(9)38(26-34-20-16-13-17-21-34)47(65)58-23-22-35(27-58)44(62)53-42;1-3-4-2/h12-21,31-32,35-38,42-43,68H,11,22-30H2,1-10H3,(H,51,60)(H,52,59)(H,53,62);3-4H2,1-2H3. The van der Waals surface area contributed by atoms with Gasteiger partial charge >= 0.3 is 5.97 Å². The number of unbranched alkanes of at least 4 members (excludes halogenated alkanes) is 1. The highest BCUT2D eigenvalue weighted by atomic mass is 16.5. The summed E-state index contributed by atoms with van der Waals surface area (Å²) in [4.78, 5) is 132. The van der Waals surface area contributed by atoms with Crippen LogP contribution in [0.2, 0.25) is 0 Å². The average Bonchev–Trinajstić information content (AvgIpc) is 3.85. The third kappa shape index (κ3) is 18.3. The number of ether oxygens (including phenoxy) is 1. The van der Waals surface area contributed by atoms with Gasteiger partial charge in [-0.1, -0.05) is 121 Å². The van der Waals surface area contributed by atoms with Crippen molar-refractivity contribution in [3.63, 3.8) is 0 Å². The number of nitrogens with one attached hydrogen (secondary N) is 3. The van der Waals surface area contributed by atoms with Gasteiger partial charge in [0.2, 0.25) is 41.4 Å². The number of aliphatic hydroxyl groups is 1. The third-order valence-corrected chi connectivity index (χ3v) is 13.3. The molecule has 2 fully saturated rings. The van der Waals surface area contributed by atoms with Crippen molar-refractivity contribution in [1.29, 1.82) is 0 Å². The molecule has 19 heteroatoms. The monoisotopic (exact) mass is 1020 g/mol. The van der Waals surface area contributed by atoms with Gasteiger partial charge in [-0.15, -0.1) is 0 Å². The van der Waals surface area contributed by atoms with Crippen molar-refractivity contribution in [2.75, 3.05) is 61.0 Å². The van der Waals surface area contributed by atoms with E-state index in [9.17, 15) is 48.3 Å². The number of fused-ring (bicyclic) bond motifs is 2. The number of nitrogens with zero attached hydrogens (tertiary/aromatic N) is 5. The van der Waals surface area contributed by atoms with Crippen LogP contribution in [0.3, 0.4) is 0 Å². The zero-order valence-electron chi connectivity index (χ0n) is 45.1. The molecule has 4 rings (SSSR count). The maximum atomic E-state index is 14.7. The minimum absolute atomic E-state index is 0.00549. The van der Waals surface area contributed by atoms with Gasteiger partial charge in [-0.2, -0.15) is 0 Å². The number of hydrogen-bond acceptors (Lipinski definition) is 11. The van der Waals surface area contributed by atoms with E-state index in [0.717, 1.165) is 20.3 Å². The number of likely N-dealkylation sites (N-methyl/N-ethyl adjacent to an activating group) is 4. The van der Waals surface area contributed by atoms with E-state index in [-0.39, 0.29) is 50.6 Å². The van der Waals surface area contributed by atoms with Crippen molar-refractivity contribution in [2.24, 2.45) is 17.8 Å². The van der Waals surface area contributed by atoms with E-state index < -0.39 is 115 Å². The summed E-state index contributed by atoms with van der Waals surface area (Å²) in [5.41, 5.74) is -0.454. The highest BCUT2D eigenvalue weighted by Crippen LogP contribution is 2.23. The molecule has 0 aromatic heterocycles. The van der Waals surface area contributed by atoms with Gasteiger partial charge in [0.25, 0.3) is 5.91 Å². The summed E-state index contributed by atoms with van der Waals surface area (Å²) in [6, 6.07) is 11.8. The van der Waals surface area contributed by atoms with Crippen LogP contribution in [-0.2, 0) is 60.7 Å². The summed E-state index contributed by atoms with van der Waals surface area (Å²) in [6.07, 6.45) is 3.65. The van der Waals surface area contributed by atoms with Gasteiger partial charge in [-0.25, -0.2) is 4.79 Å². The molecule has 7 atom stereocenters. The van der Waals surface area contributed by atoms with E-state index >= 15 is 0 Å². The normalized spacial score (nSPS) is 23.8. The van der Waals surface area contributed by atoms with Gasteiger partial charge in [0.15, 0.2) is 12.6 Å². The maximum Gasteiger partial charge on any atom is 0.332 e. The Morgan fingerprint density at radius 1 is 0.671 bits per heavy atom. The van der Waals surface area contributed by atoms with Crippen molar-refractivity contribution in [3.05, 3.63) is 71.8 Å². The van der Waals surface area contributed by atoms with Gasteiger partial charge in [0.1, 0.15) is 24.2 Å². The molecule has 19 nitrogen and oxygen atoms in total. The van der Waals surface area contributed by atoms with Gasteiger partial charge in [-0.3, -0.25) is 38.4 Å². The fourth-order valence-electron chi connectivity index (χ4n) is 8.64. The lowest BCUT2D eigenvalue weighted by atomic mass is 9.95. The first-order valence-electron chi connectivity index (χ1n) is 25.5. The van der Waals surface area contributed by atoms with Gasteiger partial charge in [0, 0.05) is 54.1 Å². The molecule has 4 N–H and O–H groups in total. The summed E-state index contributed by atoms with van der Waals surface area (Å²) < 4.78 is 5.36. The van der Waals surface area contributed by atoms with E-state index in [2.05, 4.69) is 29.8 Å². The molecule has 2 heterocycles. The van der Waals surface area contributed by atoms with Crippen LogP contribution < -0.4 is 16.0 Å². The Morgan fingerprint density at radius 3 is 1.71 bits per heavy atom. The van der Waals surface area contributed by atoms with Crippen LogP contribution in [0.1, 0.15) is 98.6 Å². The number of benzene rings is 2. The van der Waals surface area contributed by atoms with Crippen LogP contribution in [0.5, 0.6) is 0 Å². The Kier molecular flexibility index (Phi) is 24.0. The number of esters is 1. The summed E-state index contributed by atoms with van der Waals surface area (Å²) in [5, 5.41) is 19.5. The lowest BCUT2D eigenvalue weighted by molar-refractivity contribution is -0.167. The second-order valence-corrected chi connectivity index (χ2v) is 20.4. The Labute approximate surface area is 432 Å². The Morgan fingerprint density at radius 2 is 1.19 bits per heavy atom. The van der Waals surface area contributed by atoms with Crippen LogP contribution in [0.4, 0.5) is 0 Å². The molecule has 0 aliphatic carbocycles. The zero-order valence-corrected chi connectivity index (χ0v) is 45.1. The molecule has 404 valence electrons. The molecule has 0 radical (unpaired) electrons. The third-order valence-electron chi connectivity index (χ3n) is 13.3. The molecule has 2 aromatic carbocycles. The van der Waals surface area contributed by atoms with Crippen molar-refractivity contribution >= 4 is 53.2 Å². The summed E-state index contributed by atoms with van der Waals surface area (Å²) >= 11 is 0. The molecule has 2 bridgehead atoms. The molecule has 8 amide bonds. The summed E-state index contributed by atoms with van der Waals surface area (Å²) in [6.45, 7) is 12.5. The summed E-state index contributed by atoms with van der Waals surface area (Å²) in [5.74, 6) is -7.40. The fourth-order valence-corrected chi connectivity index (χ4v) is 8.64. The molecule has 0 saturated carbocycles. The smallest absolute Gasteiger partial charge is 0.332 e.